The molecule has 68 valence electrons. The van der Waals surface area contributed by atoms with Gasteiger partial charge in [0.2, 0.25) is 5.88 Å². The summed E-state index contributed by atoms with van der Waals surface area (Å²) in [4.78, 5) is 13.8. The maximum atomic E-state index is 11.3. The summed E-state index contributed by atoms with van der Waals surface area (Å²) in [5.41, 5.74) is 0.177. The lowest BCUT2D eigenvalue weighted by Gasteiger charge is -1.97. The molecule has 5 heteroatoms. The zero-order valence-corrected chi connectivity index (χ0v) is 7.76. The van der Waals surface area contributed by atoms with E-state index in [0.717, 1.165) is 0 Å². The highest BCUT2D eigenvalue weighted by atomic mass is 32.1. The van der Waals surface area contributed by atoms with Gasteiger partial charge in [0, 0.05) is 0 Å². The van der Waals surface area contributed by atoms with Crippen LogP contribution in [0.25, 0.3) is 5.00 Å². The Hall–Kier alpha value is -1.49. The van der Waals surface area contributed by atoms with Crippen molar-refractivity contribution in [2.24, 2.45) is 0 Å². The second-order valence-corrected chi connectivity index (χ2v) is 3.59. The van der Waals surface area contributed by atoms with Crippen LogP contribution in [0.4, 0.5) is 0 Å². The largest absolute Gasteiger partial charge is 0.493 e. The van der Waals surface area contributed by atoms with E-state index in [1.807, 2.05) is 11.4 Å². The first-order chi connectivity index (χ1) is 6.20. The van der Waals surface area contributed by atoms with E-state index in [0.29, 0.717) is 10.7 Å². The Morgan fingerprint density at radius 1 is 1.62 bits per heavy atom. The SMILES string of the molecule is Cc1[nH]c(=O)n(-c2cccs2)c1O. The van der Waals surface area contributed by atoms with Gasteiger partial charge in [0.25, 0.3) is 0 Å². The molecule has 13 heavy (non-hydrogen) atoms. The van der Waals surface area contributed by atoms with Gasteiger partial charge >= 0.3 is 5.69 Å². The van der Waals surface area contributed by atoms with Crippen LogP contribution in [0.1, 0.15) is 5.69 Å². The Bertz CT molecular complexity index is 467. The summed E-state index contributed by atoms with van der Waals surface area (Å²) in [7, 11) is 0. The maximum absolute atomic E-state index is 11.3. The van der Waals surface area contributed by atoms with Gasteiger partial charge in [-0.05, 0) is 24.4 Å². The molecule has 0 aliphatic heterocycles. The highest BCUT2D eigenvalue weighted by Gasteiger charge is 2.11. The Morgan fingerprint density at radius 3 is 2.85 bits per heavy atom. The van der Waals surface area contributed by atoms with E-state index in [1.165, 1.54) is 15.9 Å². The fourth-order valence-corrected chi connectivity index (χ4v) is 1.87. The molecule has 0 amide bonds. The summed E-state index contributed by atoms with van der Waals surface area (Å²) in [5, 5.41) is 12.1. The number of aromatic hydroxyl groups is 1. The zero-order chi connectivity index (χ0) is 9.42. The van der Waals surface area contributed by atoms with Gasteiger partial charge in [0.05, 0.1) is 5.69 Å². The number of aryl methyl sites for hydroxylation is 1. The average molecular weight is 196 g/mol. The van der Waals surface area contributed by atoms with Gasteiger partial charge in [-0.3, -0.25) is 0 Å². The number of aromatic nitrogens is 2. The Morgan fingerprint density at radius 2 is 2.38 bits per heavy atom. The first kappa shape index (κ1) is 8.12. The first-order valence-electron chi connectivity index (χ1n) is 3.74. The van der Waals surface area contributed by atoms with Crippen molar-refractivity contribution in [2.75, 3.05) is 0 Å². The Labute approximate surface area is 78.1 Å². The molecule has 2 aromatic rings. The minimum atomic E-state index is -0.308. The molecule has 0 aliphatic carbocycles. The topological polar surface area (TPSA) is 58.0 Å². The molecule has 0 bridgehead atoms. The third-order valence-electron chi connectivity index (χ3n) is 1.77. The van der Waals surface area contributed by atoms with Crippen molar-refractivity contribution in [1.29, 1.82) is 0 Å². The minimum Gasteiger partial charge on any atom is -0.493 e. The molecule has 0 fully saturated rings. The molecule has 4 nitrogen and oxygen atoms in total. The summed E-state index contributed by atoms with van der Waals surface area (Å²) in [5.74, 6) is -0.0209. The van der Waals surface area contributed by atoms with Crippen molar-refractivity contribution in [2.45, 2.75) is 6.92 Å². The van der Waals surface area contributed by atoms with Crippen molar-refractivity contribution in [3.63, 3.8) is 0 Å². The highest BCUT2D eigenvalue weighted by molar-refractivity contribution is 7.12. The fraction of sp³-hybridized carbons (Fsp3) is 0.125. The quantitative estimate of drug-likeness (QED) is 0.721. The number of nitrogens with one attached hydrogen (secondary N) is 1. The second kappa shape index (κ2) is 2.77. The molecule has 0 aliphatic rings. The van der Waals surface area contributed by atoms with Crippen LogP contribution in [0.3, 0.4) is 0 Å². The van der Waals surface area contributed by atoms with E-state index < -0.39 is 0 Å². The summed E-state index contributed by atoms with van der Waals surface area (Å²) in [6, 6.07) is 3.60. The summed E-state index contributed by atoms with van der Waals surface area (Å²) in [6.07, 6.45) is 0. The van der Waals surface area contributed by atoms with E-state index in [2.05, 4.69) is 4.98 Å². The zero-order valence-electron chi connectivity index (χ0n) is 6.94. The lowest BCUT2D eigenvalue weighted by molar-refractivity contribution is 0.438. The van der Waals surface area contributed by atoms with Crippen LogP contribution < -0.4 is 5.69 Å². The number of H-pyrrole nitrogens is 1. The predicted molar refractivity (Wildman–Crippen MR) is 50.7 cm³/mol. The van der Waals surface area contributed by atoms with Gasteiger partial charge in [-0.1, -0.05) is 0 Å². The molecule has 0 saturated carbocycles. The van der Waals surface area contributed by atoms with Gasteiger partial charge in [0.1, 0.15) is 5.00 Å². The van der Waals surface area contributed by atoms with Gasteiger partial charge in [-0.25, -0.2) is 9.36 Å². The lowest BCUT2D eigenvalue weighted by Crippen LogP contribution is -2.13. The lowest BCUT2D eigenvalue weighted by atomic mass is 10.5. The van der Waals surface area contributed by atoms with Gasteiger partial charge < -0.3 is 10.1 Å². The predicted octanol–water partition coefficient (Wildman–Crippen LogP) is 1.24. The van der Waals surface area contributed by atoms with Crippen molar-refractivity contribution in [3.05, 3.63) is 33.7 Å². The molecular formula is C8H8N2O2S. The smallest absolute Gasteiger partial charge is 0.333 e. The molecule has 0 spiro atoms. The van der Waals surface area contributed by atoms with E-state index >= 15 is 0 Å². The highest BCUT2D eigenvalue weighted by Crippen LogP contribution is 2.20. The van der Waals surface area contributed by atoms with Crippen LogP contribution in [0.15, 0.2) is 22.3 Å². The summed E-state index contributed by atoms with van der Waals surface area (Å²) >= 11 is 1.40. The van der Waals surface area contributed by atoms with Crippen LogP contribution >= 0.6 is 11.3 Å². The van der Waals surface area contributed by atoms with Crippen LogP contribution in [0.5, 0.6) is 5.88 Å². The molecule has 0 unspecified atom stereocenters. The Balaban J connectivity index is 2.71. The van der Waals surface area contributed by atoms with Gasteiger partial charge in [-0.2, -0.15) is 0 Å². The molecule has 0 radical (unpaired) electrons. The minimum absolute atomic E-state index is 0.0209. The van der Waals surface area contributed by atoms with Gasteiger partial charge in [-0.15, -0.1) is 11.3 Å². The molecule has 0 saturated heterocycles. The van der Waals surface area contributed by atoms with Crippen LogP contribution in [-0.2, 0) is 0 Å². The van der Waals surface area contributed by atoms with E-state index in [-0.39, 0.29) is 11.6 Å². The van der Waals surface area contributed by atoms with Crippen LogP contribution in [0, 0.1) is 6.92 Å². The number of nitrogens with zero attached hydrogens (tertiary/aromatic N) is 1. The molecule has 2 rings (SSSR count). The normalized spacial score (nSPS) is 10.5. The standard InChI is InChI=1S/C8H8N2O2S/c1-5-7(11)10(8(12)9-5)6-3-2-4-13-6/h2-4,11H,1H3,(H,9,12). The first-order valence-corrected chi connectivity index (χ1v) is 4.62. The van der Waals surface area contributed by atoms with Crippen LogP contribution in [-0.4, -0.2) is 14.7 Å². The van der Waals surface area contributed by atoms with Crippen molar-refractivity contribution >= 4 is 11.3 Å². The van der Waals surface area contributed by atoms with E-state index in [9.17, 15) is 9.90 Å². The Kier molecular flexibility index (Phi) is 1.73. The van der Waals surface area contributed by atoms with Crippen molar-refractivity contribution < 1.29 is 5.11 Å². The number of thiophene rings is 1. The summed E-state index contributed by atoms with van der Waals surface area (Å²) < 4.78 is 1.25. The number of hydrogen-bond acceptors (Lipinski definition) is 3. The number of rotatable bonds is 1. The average Bonchev–Trinajstić information content (AvgIpc) is 2.63. The monoisotopic (exact) mass is 196 g/mol. The fourth-order valence-electron chi connectivity index (χ4n) is 1.14. The molecule has 2 aromatic heterocycles. The summed E-state index contributed by atoms with van der Waals surface area (Å²) in [6.45, 7) is 1.65. The van der Waals surface area contributed by atoms with Gasteiger partial charge in [0.15, 0.2) is 0 Å². The number of imidazole rings is 1. The number of aromatic amines is 1. The molecule has 0 atom stereocenters. The molecule has 0 aromatic carbocycles. The molecule has 2 N–H and O–H groups in total. The number of hydrogen-bond donors (Lipinski definition) is 2. The van der Waals surface area contributed by atoms with Crippen LogP contribution in [0.2, 0.25) is 0 Å². The molecular weight excluding hydrogens is 188 g/mol. The van der Waals surface area contributed by atoms with Crippen molar-refractivity contribution in [3.8, 4) is 10.9 Å². The second-order valence-electron chi connectivity index (χ2n) is 2.67. The third-order valence-corrected chi connectivity index (χ3v) is 2.62. The maximum Gasteiger partial charge on any atom is 0.333 e. The van der Waals surface area contributed by atoms with E-state index in [4.69, 9.17) is 0 Å². The third kappa shape index (κ3) is 1.17. The van der Waals surface area contributed by atoms with Crippen molar-refractivity contribution in [1.82, 2.24) is 9.55 Å². The molecule has 2 heterocycles. The van der Waals surface area contributed by atoms with E-state index in [1.54, 1.807) is 13.0 Å².